The highest BCUT2D eigenvalue weighted by Gasteiger charge is 2.28. The number of nitrogens with one attached hydrogen (secondary N) is 1. The lowest BCUT2D eigenvalue weighted by molar-refractivity contribution is -0.870. The fourth-order valence-corrected chi connectivity index (χ4v) is 11.3. The van der Waals surface area contributed by atoms with E-state index in [1.165, 1.54) is 257 Å². The molecule has 0 aliphatic carbocycles. The predicted molar refractivity (Wildman–Crippen MR) is 355 cm³/mol. The van der Waals surface area contributed by atoms with Crippen molar-refractivity contribution in [2.24, 2.45) is 0 Å². The van der Waals surface area contributed by atoms with E-state index in [9.17, 15) is 19.4 Å². The highest BCUT2D eigenvalue weighted by atomic mass is 31.2. The molecule has 0 fully saturated rings. The van der Waals surface area contributed by atoms with E-state index in [2.05, 4.69) is 67.8 Å². The maximum atomic E-state index is 13.0. The first-order valence-electron chi connectivity index (χ1n) is 35.2. The number of hydrogen-bond donors (Lipinski definition) is 3. The number of amides is 1. The summed E-state index contributed by atoms with van der Waals surface area (Å²) < 4.78 is 23.8. The number of phosphoric ester groups is 1. The number of aliphatic hydroxyl groups is 1. The van der Waals surface area contributed by atoms with E-state index < -0.39 is 20.0 Å². The van der Waals surface area contributed by atoms with E-state index in [0.29, 0.717) is 17.4 Å². The van der Waals surface area contributed by atoms with Gasteiger partial charge in [-0.25, -0.2) is 4.57 Å². The summed E-state index contributed by atoms with van der Waals surface area (Å²) in [4.78, 5) is 23.4. The molecule has 0 aromatic rings. The lowest BCUT2D eigenvalue weighted by Gasteiger charge is -2.25. The molecule has 1 amide bonds. The van der Waals surface area contributed by atoms with Gasteiger partial charge in [-0.1, -0.05) is 338 Å². The molecule has 0 aliphatic rings. The SMILES string of the molecule is CC/C=C\C/C=C\C/C=C\C/C=C\CCCCCCCCCCCCCCCCCCCCCCCCCCCCCCC(=O)NC(COP(=O)(O)OCC[N+](C)(C)C)C(O)/C=C/CCCCCCCCCCCCCCCCCC. The van der Waals surface area contributed by atoms with Gasteiger partial charge in [0, 0.05) is 6.42 Å². The van der Waals surface area contributed by atoms with Crippen LogP contribution in [-0.2, 0) is 18.4 Å². The number of phosphoric acid groups is 1. The first-order chi connectivity index (χ1) is 39.5. The number of carbonyl (C=O) groups excluding carboxylic acids is 1. The average Bonchev–Trinajstić information content (AvgIpc) is 3.43. The second-order valence-electron chi connectivity index (χ2n) is 25.2. The molecule has 0 bridgehead atoms. The Balaban J connectivity index is 3.89. The number of likely N-dealkylation sites (N-methyl/N-ethyl adjacent to an activating group) is 1. The van der Waals surface area contributed by atoms with E-state index in [-0.39, 0.29) is 19.1 Å². The van der Waals surface area contributed by atoms with Crippen molar-refractivity contribution in [2.45, 2.75) is 353 Å². The largest absolute Gasteiger partial charge is 0.472 e. The number of hydrogen-bond acceptors (Lipinski definition) is 5. The predicted octanol–water partition coefficient (Wildman–Crippen LogP) is 22.4. The maximum absolute atomic E-state index is 13.0. The molecule has 0 radical (unpaired) electrons. The molecule has 0 spiro atoms. The zero-order valence-electron chi connectivity index (χ0n) is 54.5. The Bertz CT molecular complexity index is 1500. The molecule has 0 aliphatic heterocycles. The minimum Gasteiger partial charge on any atom is -0.387 e. The van der Waals surface area contributed by atoms with Crippen molar-refractivity contribution in [1.29, 1.82) is 0 Å². The summed E-state index contributed by atoms with van der Waals surface area (Å²) in [5.74, 6) is -0.170. The number of unbranched alkanes of at least 4 members (excludes halogenated alkanes) is 44. The number of nitrogens with zero attached hydrogens (tertiary/aromatic N) is 1. The van der Waals surface area contributed by atoms with Gasteiger partial charge in [-0.3, -0.25) is 13.8 Å². The van der Waals surface area contributed by atoms with Gasteiger partial charge in [-0.05, 0) is 57.8 Å². The Hall–Kier alpha value is -1.80. The molecule has 0 heterocycles. The van der Waals surface area contributed by atoms with Crippen molar-refractivity contribution >= 4 is 13.7 Å². The average molecular weight is 1160 g/mol. The Kier molecular flexibility index (Phi) is 61.3. The normalized spacial score (nSPS) is 14.0. The Morgan fingerprint density at radius 1 is 0.432 bits per heavy atom. The van der Waals surface area contributed by atoms with Crippen molar-refractivity contribution in [3.05, 3.63) is 60.8 Å². The van der Waals surface area contributed by atoms with Crippen LogP contribution in [0.15, 0.2) is 60.8 Å². The quantitative estimate of drug-likeness (QED) is 0.0243. The van der Waals surface area contributed by atoms with Crippen LogP contribution in [0.3, 0.4) is 0 Å². The van der Waals surface area contributed by atoms with Crippen LogP contribution >= 0.6 is 7.82 Å². The minimum atomic E-state index is -4.35. The fourth-order valence-electron chi connectivity index (χ4n) is 10.6. The van der Waals surface area contributed by atoms with Crippen molar-refractivity contribution in [1.82, 2.24) is 5.32 Å². The first kappa shape index (κ1) is 79.2. The summed E-state index contributed by atoms with van der Waals surface area (Å²) >= 11 is 0. The smallest absolute Gasteiger partial charge is 0.387 e. The van der Waals surface area contributed by atoms with Crippen LogP contribution in [0.25, 0.3) is 0 Å². The molecular weight excluding hydrogens is 1020 g/mol. The lowest BCUT2D eigenvalue weighted by Crippen LogP contribution is -2.45. The molecular formula is C72H138N2O6P+. The van der Waals surface area contributed by atoms with Crippen LogP contribution in [0.2, 0.25) is 0 Å². The first-order valence-corrected chi connectivity index (χ1v) is 36.7. The zero-order valence-corrected chi connectivity index (χ0v) is 55.4. The van der Waals surface area contributed by atoms with Gasteiger partial charge in [-0.15, -0.1) is 0 Å². The molecule has 8 nitrogen and oxygen atoms in total. The summed E-state index contributed by atoms with van der Waals surface area (Å²) in [6, 6.07) is -0.846. The third-order valence-electron chi connectivity index (χ3n) is 16.0. The molecule has 476 valence electrons. The van der Waals surface area contributed by atoms with Gasteiger partial charge in [0.05, 0.1) is 39.9 Å². The van der Waals surface area contributed by atoms with Gasteiger partial charge in [-0.2, -0.15) is 0 Å². The number of rotatable bonds is 65. The van der Waals surface area contributed by atoms with Crippen LogP contribution in [0.4, 0.5) is 0 Å². The topological polar surface area (TPSA) is 105 Å². The molecule has 81 heavy (non-hydrogen) atoms. The Morgan fingerprint density at radius 3 is 1.09 bits per heavy atom. The third-order valence-corrected chi connectivity index (χ3v) is 17.0. The van der Waals surface area contributed by atoms with E-state index in [4.69, 9.17) is 9.05 Å². The summed E-state index contributed by atoms with van der Waals surface area (Å²) in [7, 11) is 1.59. The van der Waals surface area contributed by atoms with E-state index in [1.807, 2.05) is 27.2 Å². The summed E-state index contributed by atoms with van der Waals surface area (Å²) in [6.45, 7) is 4.75. The summed E-state index contributed by atoms with van der Waals surface area (Å²) in [5, 5.41) is 14.0. The van der Waals surface area contributed by atoms with Crippen LogP contribution in [0.5, 0.6) is 0 Å². The van der Waals surface area contributed by atoms with Crippen molar-refractivity contribution in [3.63, 3.8) is 0 Å². The highest BCUT2D eigenvalue weighted by Crippen LogP contribution is 2.43. The monoisotopic (exact) mass is 1160 g/mol. The highest BCUT2D eigenvalue weighted by molar-refractivity contribution is 7.47. The maximum Gasteiger partial charge on any atom is 0.472 e. The molecule has 9 heteroatoms. The van der Waals surface area contributed by atoms with Gasteiger partial charge < -0.3 is 19.8 Å². The summed E-state index contributed by atoms with van der Waals surface area (Å²) in [6.07, 6.45) is 86.7. The molecule has 0 saturated heterocycles. The van der Waals surface area contributed by atoms with Crippen molar-refractivity contribution < 1.29 is 32.9 Å². The molecule has 0 rings (SSSR count). The third kappa shape index (κ3) is 65.6. The number of allylic oxidation sites excluding steroid dienone is 9. The number of quaternary nitrogens is 1. The fraction of sp³-hybridized carbons (Fsp3) is 0.847. The molecule has 3 N–H and O–H groups in total. The standard InChI is InChI=1S/C72H137N2O6P/c1-6-8-10-12-14-16-18-20-22-24-26-27-28-29-30-31-32-33-34-35-36-37-38-39-40-41-42-43-44-45-46-47-48-50-52-54-56-58-60-62-64-66-72(76)73-70(69-80-81(77,78)79-68-67-74(3,4)5)71(75)65-63-61-59-57-55-53-51-49-25-23-21-19-17-15-13-11-9-7-2/h8,10,14,16,20,22,26-27,63,65,70-71,75H,6-7,9,11-13,15,17-19,21,23-25,28-62,64,66-69H2,1-5H3,(H-,73,76,77,78)/p+1/b10-8-,16-14-,22-20-,27-26-,65-63+. The van der Waals surface area contributed by atoms with Crippen LogP contribution in [0, 0.1) is 0 Å². The Labute approximate surface area is 504 Å². The van der Waals surface area contributed by atoms with Crippen LogP contribution in [-0.4, -0.2) is 73.4 Å². The number of carbonyl (C=O) groups is 1. The van der Waals surface area contributed by atoms with Gasteiger partial charge >= 0.3 is 7.82 Å². The Morgan fingerprint density at radius 2 is 0.741 bits per heavy atom. The second-order valence-corrected chi connectivity index (χ2v) is 26.7. The van der Waals surface area contributed by atoms with Gasteiger partial charge in [0.2, 0.25) is 5.91 Å². The zero-order chi connectivity index (χ0) is 59.1. The van der Waals surface area contributed by atoms with Crippen LogP contribution < -0.4 is 5.32 Å². The minimum absolute atomic E-state index is 0.0632. The van der Waals surface area contributed by atoms with Crippen molar-refractivity contribution in [3.8, 4) is 0 Å². The van der Waals surface area contributed by atoms with E-state index in [1.54, 1.807) is 6.08 Å². The molecule has 0 saturated carbocycles. The van der Waals surface area contributed by atoms with Gasteiger partial charge in [0.15, 0.2) is 0 Å². The molecule has 0 aromatic carbocycles. The number of aliphatic hydroxyl groups excluding tert-OH is 1. The van der Waals surface area contributed by atoms with Crippen LogP contribution in [0.1, 0.15) is 341 Å². The lowest BCUT2D eigenvalue weighted by atomic mass is 10.0. The second kappa shape index (κ2) is 62.7. The molecule has 3 atom stereocenters. The van der Waals surface area contributed by atoms with Crippen molar-refractivity contribution in [2.75, 3.05) is 40.9 Å². The molecule has 0 aromatic heterocycles. The van der Waals surface area contributed by atoms with E-state index in [0.717, 1.165) is 64.2 Å². The van der Waals surface area contributed by atoms with Gasteiger partial charge in [0.1, 0.15) is 13.2 Å². The van der Waals surface area contributed by atoms with Gasteiger partial charge in [0.25, 0.3) is 0 Å². The summed E-state index contributed by atoms with van der Waals surface area (Å²) in [5.41, 5.74) is 0. The molecule has 3 unspecified atom stereocenters. The van der Waals surface area contributed by atoms with E-state index >= 15 is 0 Å².